The van der Waals surface area contributed by atoms with E-state index in [0.717, 1.165) is 60.3 Å². The molecular weight excluding hydrogens is 338 g/mol. The summed E-state index contributed by atoms with van der Waals surface area (Å²) in [7, 11) is 1.66. The van der Waals surface area contributed by atoms with Crippen molar-refractivity contribution in [1.82, 2.24) is 20.3 Å². The van der Waals surface area contributed by atoms with Gasteiger partial charge in [-0.15, -0.1) is 0 Å². The zero-order chi connectivity index (χ0) is 18.5. The van der Waals surface area contributed by atoms with Crippen LogP contribution in [0.1, 0.15) is 24.6 Å². The van der Waals surface area contributed by atoms with Crippen LogP contribution in [0.5, 0.6) is 5.75 Å². The Morgan fingerprint density at radius 3 is 2.74 bits per heavy atom. The van der Waals surface area contributed by atoms with E-state index < -0.39 is 0 Å². The fourth-order valence-corrected chi connectivity index (χ4v) is 3.27. The zero-order valence-corrected chi connectivity index (χ0v) is 15.4. The smallest absolute Gasteiger partial charge is 0.135 e. The van der Waals surface area contributed by atoms with E-state index in [0.29, 0.717) is 5.92 Å². The van der Waals surface area contributed by atoms with Crippen LogP contribution in [0.15, 0.2) is 54.9 Å². The van der Waals surface area contributed by atoms with Crippen molar-refractivity contribution in [2.75, 3.05) is 25.5 Å². The highest BCUT2D eigenvalue weighted by Crippen LogP contribution is 2.27. The molecule has 0 aliphatic carbocycles. The molecular formula is C21H23N5O. The second-order valence-electron chi connectivity index (χ2n) is 6.64. The van der Waals surface area contributed by atoms with Crippen LogP contribution < -0.4 is 15.4 Å². The quantitative estimate of drug-likeness (QED) is 0.721. The number of hydrogen-bond acceptors (Lipinski definition) is 6. The van der Waals surface area contributed by atoms with Crippen molar-refractivity contribution in [3.8, 4) is 17.0 Å². The maximum absolute atomic E-state index is 5.23. The van der Waals surface area contributed by atoms with E-state index in [2.05, 4.69) is 15.6 Å². The molecule has 1 saturated heterocycles. The third kappa shape index (κ3) is 4.23. The fourth-order valence-electron chi connectivity index (χ4n) is 3.27. The van der Waals surface area contributed by atoms with Crippen LogP contribution in [-0.4, -0.2) is 35.2 Å². The van der Waals surface area contributed by atoms with Crippen LogP contribution in [0, 0.1) is 0 Å². The average molecular weight is 361 g/mol. The summed E-state index contributed by atoms with van der Waals surface area (Å²) >= 11 is 0. The van der Waals surface area contributed by atoms with Gasteiger partial charge in [0.15, 0.2) is 0 Å². The van der Waals surface area contributed by atoms with Gasteiger partial charge in [0, 0.05) is 42.2 Å². The lowest BCUT2D eigenvalue weighted by atomic mass is 9.98. The summed E-state index contributed by atoms with van der Waals surface area (Å²) in [6.07, 6.45) is 5.85. The van der Waals surface area contributed by atoms with Gasteiger partial charge in [-0.2, -0.15) is 0 Å². The molecule has 4 rings (SSSR count). The molecule has 138 valence electrons. The highest BCUT2D eigenvalue weighted by Gasteiger charge is 2.19. The first-order chi connectivity index (χ1) is 13.3. The summed E-state index contributed by atoms with van der Waals surface area (Å²) in [4.78, 5) is 13.9. The predicted molar refractivity (Wildman–Crippen MR) is 106 cm³/mol. The minimum absolute atomic E-state index is 0.326. The minimum Gasteiger partial charge on any atom is -0.497 e. The highest BCUT2D eigenvalue weighted by molar-refractivity contribution is 5.65. The molecule has 1 atom stereocenters. The van der Waals surface area contributed by atoms with Gasteiger partial charge in [-0.1, -0.05) is 0 Å². The molecule has 2 N–H and O–H groups in total. The molecule has 1 aliphatic heterocycles. The summed E-state index contributed by atoms with van der Waals surface area (Å²) in [6.45, 7) is 1.98. The maximum atomic E-state index is 5.23. The second-order valence-corrected chi connectivity index (χ2v) is 6.64. The Morgan fingerprint density at radius 1 is 1.15 bits per heavy atom. The van der Waals surface area contributed by atoms with Gasteiger partial charge in [0.1, 0.15) is 17.4 Å². The molecule has 0 spiro atoms. The minimum atomic E-state index is 0.326. The number of methoxy groups -OCH3 is 1. The van der Waals surface area contributed by atoms with Crippen molar-refractivity contribution < 1.29 is 4.74 Å². The Bertz CT molecular complexity index is 877. The zero-order valence-electron chi connectivity index (χ0n) is 15.4. The van der Waals surface area contributed by atoms with Crippen LogP contribution in [0.25, 0.3) is 11.3 Å². The van der Waals surface area contributed by atoms with Gasteiger partial charge in [0.2, 0.25) is 0 Å². The van der Waals surface area contributed by atoms with E-state index in [4.69, 9.17) is 14.7 Å². The number of nitrogens with one attached hydrogen (secondary N) is 2. The third-order valence-corrected chi connectivity index (χ3v) is 4.73. The van der Waals surface area contributed by atoms with Crippen LogP contribution in [0.3, 0.4) is 0 Å². The molecule has 2 aromatic heterocycles. The molecule has 0 amide bonds. The number of piperidine rings is 1. The van der Waals surface area contributed by atoms with Crippen LogP contribution in [0.2, 0.25) is 0 Å². The molecule has 3 heterocycles. The molecule has 6 heteroatoms. The molecule has 27 heavy (non-hydrogen) atoms. The average Bonchev–Trinajstić information content (AvgIpc) is 2.75. The molecule has 0 radical (unpaired) electrons. The SMILES string of the molecule is COc1ccc(Nc2cc(-c3cccnc3)nc(C3CCCNC3)n2)cc1. The molecule has 1 aromatic carbocycles. The van der Waals surface area contributed by atoms with Crippen molar-refractivity contribution in [2.45, 2.75) is 18.8 Å². The summed E-state index contributed by atoms with van der Waals surface area (Å²) < 4.78 is 5.23. The number of anilines is 2. The van der Waals surface area contributed by atoms with Crippen molar-refractivity contribution in [3.05, 3.63) is 60.7 Å². The highest BCUT2D eigenvalue weighted by atomic mass is 16.5. The number of aromatic nitrogens is 3. The third-order valence-electron chi connectivity index (χ3n) is 4.73. The van der Waals surface area contributed by atoms with Crippen LogP contribution >= 0.6 is 0 Å². The standard InChI is InChI=1S/C21H23N5O/c1-27-18-8-6-17(7-9-18)24-20-12-19(15-4-2-10-22-13-15)25-21(26-20)16-5-3-11-23-14-16/h2,4,6-10,12-13,16,23H,3,5,11,14H2,1H3,(H,24,25,26). The van der Waals surface area contributed by atoms with Gasteiger partial charge in [-0.3, -0.25) is 4.98 Å². The van der Waals surface area contributed by atoms with Crippen molar-refractivity contribution in [1.29, 1.82) is 0 Å². The Hall–Kier alpha value is -2.99. The molecule has 0 saturated carbocycles. The monoisotopic (exact) mass is 361 g/mol. The Kier molecular flexibility index (Phi) is 5.25. The van der Waals surface area contributed by atoms with Gasteiger partial charge in [-0.05, 0) is 55.8 Å². The summed E-state index contributed by atoms with van der Waals surface area (Å²) in [5, 5.41) is 6.85. The van der Waals surface area contributed by atoms with Crippen LogP contribution in [-0.2, 0) is 0 Å². The first-order valence-corrected chi connectivity index (χ1v) is 9.23. The van der Waals surface area contributed by atoms with E-state index in [-0.39, 0.29) is 0 Å². The molecule has 6 nitrogen and oxygen atoms in total. The predicted octanol–water partition coefficient (Wildman–Crippen LogP) is 3.76. The van der Waals surface area contributed by atoms with E-state index in [9.17, 15) is 0 Å². The molecule has 3 aromatic rings. The van der Waals surface area contributed by atoms with Gasteiger partial charge < -0.3 is 15.4 Å². The fraction of sp³-hybridized carbons (Fsp3) is 0.286. The maximum Gasteiger partial charge on any atom is 0.135 e. The number of rotatable bonds is 5. The second kappa shape index (κ2) is 8.14. The summed E-state index contributed by atoms with van der Waals surface area (Å²) in [5.74, 6) is 2.81. The topological polar surface area (TPSA) is 72.0 Å². The van der Waals surface area contributed by atoms with E-state index in [1.165, 1.54) is 0 Å². The van der Waals surface area contributed by atoms with E-state index >= 15 is 0 Å². The number of benzene rings is 1. The van der Waals surface area contributed by atoms with Crippen molar-refractivity contribution in [3.63, 3.8) is 0 Å². The summed E-state index contributed by atoms with van der Waals surface area (Å²) in [5.41, 5.74) is 2.83. The molecule has 0 bridgehead atoms. The lowest BCUT2D eigenvalue weighted by molar-refractivity contribution is 0.415. The lowest BCUT2D eigenvalue weighted by Gasteiger charge is -2.22. The Labute approximate surface area is 159 Å². The van der Waals surface area contributed by atoms with Crippen molar-refractivity contribution >= 4 is 11.5 Å². The normalized spacial score (nSPS) is 16.7. The lowest BCUT2D eigenvalue weighted by Crippen LogP contribution is -2.29. The first-order valence-electron chi connectivity index (χ1n) is 9.23. The summed E-state index contributed by atoms with van der Waals surface area (Å²) in [6, 6.07) is 13.7. The van der Waals surface area contributed by atoms with E-state index in [1.54, 1.807) is 13.3 Å². The Morgan fingerprint density at radius 2 is 2.04 bits per heavy atom. The van der Waals surface area contributed by atoms with Crippen LogP contribution in [0.4, 0.5) is 11.5 Å². The van der Waals surface area contributed by atoms with Gasteiger partial charge in [0.25, 0.3) is 0 Å². The molecule has 1 aliphatic rings. The number of ether oxygens (including phenoxy) is 1. The van der Waals surface area contributed by atoms with Gasteiger partial charge in [-0.25, -0.2) is 9.97 Å². The van der Waals surface area contributed by atoms with Gasteiger partial charge in [0.05, 0.1) is 12.8 Å². The Balaban J connectivity index is 1.68. The van der Waals surface area contributed by atoms with E-state index in [1.807, 2.05) is 48.7 Å². The number of hydrogen-bond donors (Lipinski definition) is 2. The van der Waals surface area contributed by atoms with Gasteiger partial charge >= 0.3 is 0 Å². The largest absolute Gasteiger partial charge is 0.497 e. The number of pyridine rings is 1. The molecule has 1 unspecified atom stereocenters. The first kappa shape index (κ1) is 17.4. The number of nitrogens with zero attached hydrogens (tertiary/aromatic N) is 3. The van der Waals surface area contributed by atoms with Crippen molar-refractivity contribution in [2.24, 2.45) is 0 Å². The molecule has 1 fully saturated rings.